The SMILES string of the molecule is COCCc1noc(CN(C)C(=O)Cc2ccccn2)n1. The number of amides is 1. The Morgan fingerprint density at radius 2 is 2.29 bits per heavy atom. The van der Waals surface area contributed by atoms with Gasteiger partial charge in [-0.05, 0) is 12.1 Å². The monoisotopic (exact) mass is 290 g/mol. The maximum absolute atomic E-state index is 12.1. The van der Waals surface area contributed by atoms with E-state index in [1.807, 2.05) is 18.2 Å². The molecule has 0 aliphatic heterocycles. The third-order valence-corrected chi connectivity index (χ3v) is 2.90. The number of pyridine rings is 1. The molecule has 2 rings (SSSR count). The van der Waals surface area contributed by atoms with E-state index < -0.39 is 0 Å². The van der Waals surface area contributed by atoms with Crippen LogP contribution in [0.3, 0.4) is 0 Å². The van der Waals surface area contributed by atoms with Crippen molar-refractivity contribution in [1.29, 1.82) is 0 Å². The van der Waals surface area contributed by atoms with E-state index in [0.29, 0.717) is 24.7 Å². The molecule has 0 N–H and O–H groups in total. The van der Waals surface area contributed by atoms with Gasteiger partial charge in [-0.25, -0.2) is 0 Å². The zero-order chi connectivity index (χ0) is 15.1. The highest BCUT2D eigenvalue weighted by Gasteiger charge is 2.14. The van der Waals surface area contributed by atoms with Crippen LogP contribution in [-0.4, -0.2) is 46.7 Å². The molecule has 0 bridgehead atoms. The summed E-state index contributed by atoms with van der Waals surface area (Å²) < 4.78 is 10.1. The average molecular weight is 290 g/mol. The fourth-order valence-corrected chi connectivity index (χ4v) is 1.73. The first kappa shape index (κ1) is 15.1. The molecule has 0 aliphatic carbocycles. The molecule has 0 spiro atoms. The fourth-order valence-electron chi connectivity index (χ4n) is 1.73. The minimum atomic E-state index is -0.0506. The summed E-state index contributed by atoms with van der Waals surface area (Å²) in [6.07, 6.45) is 2.51. The Morgan fingerprint density at radius 1 is 1.43 bits per heavy atom. The molecule has 2 aromatic rings. The predicted octanol–water partition coefficient (Wildman–Crippen LogP) is 0.855. The van der Waals surface area contributed by atoms with Gasteiger partial charge in [0.15, 0.2) is 5.82 Å². The van der Waals surface area contributed by atoms with E-state index in [1.54, 1.807) is 25.3 Å². The molecule has 2 heterocycles. The van der Waals surface area contributed by atoms with Gasteiger partial charge in [0.2, 0.25) is 11.8 Å². The summed E-state index contributed by atoms with van der Waals surface area (Å²) >= 11 is 0. The lowest BCUT2D eigenvalue weighted by Crippen LogP contribution is -2.28. The number of nitrogens with zero attached hydrogens (tertiary/aromatic N) is 4. The molecule has 0 fully saturated rings. The van der Waals surface area contributed by atoms with Crippen LogP contribution in [0.15, 0.2) is 28.9 Å². The molecule has 7 nitrogen and oxygen atoms in total. The number of carbonyl (C=O) groups excluding carboxylic acids is 1. The molecule has 0 atom stereocenters. The van der Waals surface area contributed by atoms with Gasteiger partial charge in [-0.15, -0.1) is 0 Å². The van der Waals surface area contributed by atoms with E-state index in [-0.39, 0.29) is 18.9 Å². The Balaban J connectivity index is 1.87. The van der Waals surface area contributed by atoms with Crippen LogP contribution >= 0.6 is 0 Å². The molecule has 0 unspecified atom stereocenters. The average Bonchev–Trinajstić information content (AvgIpc) is 2.93. The molecule has 0 aliphatic rings. The van der Waals surface area contributed by atoms with E-state index in [2.05, 4.69) is 15.1 Å². The van der Waals surface area contributed by atoms with Crippen LogP contribution in [0, 0.1) is 0 Å². The molecule has 0 aromatic carbocycles. The van der Waals surface area contributed by atoms with Gasteiger partial charge in [0.05, 0.1) is 19.6 Å². The van der Waals surface area contributed by atoms with Gasteiger partial charge in [-0.2, -0.15) is 4.98 Å². The highest BCUT2D eigenvalue weighted by atomic mass is 16.5. The van der Waals surface area contributed by atoms with Crippen LogP contribution < -0.4 is 0 Å². The van der Waals surface area contributed by atoms with Gasteiger partial charge < -0.3 is 14.2 Å². The predicted molar refractivity (Wildman–Crippen MR) is 74.3 cm³/mol. The second-order valence-corrected chi connectivity index (χ2v) is 4.59. The quantitative estimate of drug-likeness (QED) is 0.752. The molecule has 112 valence electrons. The van der Waals surface area contributed by atoms with Crippen LogP contribution in [0.1, 0.15) is 17.4 Å². The van der Waals surface area contributed by atoms with Crippen LogP contribution in [0.4, 0.5) is 0 Å². The Morgan fingerprint density at radius 3 is 3.00 bits per heavy atom. The number of ether oxygens (including phenoxy) is 1. The highest BCUT2D eigenvalue weighted by Crippen LogP contribution is 2.04. The first-order chi connectivity index (χ1) is 10.2. The van der Waals surface area contributed by atoms with Gasteiger partial charge in [0.25, 0.3) is 0 Å². The third-order valence-electron chi connectivity index (χ3n) is 2.90. The van der Waals surface area contributed by atoms with Gasteiger partial charge in [-0.1, -0.05) is 11.2 Å². The summed E-state index contributed by atoms with van der Waals surface area (Å²) in [5.74, 6) is 0.945. The largest absolute Gasteiger partial charge is 0.384 e. The van der Waals surface area contributed by atoms with E-state index in [4.69, 9.17) is 9.26 Å². The van der Waals surface area contributed by atoms with Crippen LogP contribution in [0.5, 0.6) is 0 Å². The van der Waals surface area contributed by atoms with Crippen LogP contribution in [0.25, 0.3) is 0 Å². The van der Waals surface area contributed by atoms with Crippen molar-refractivity contribution in [2.45, 2.75) is 19.4 Å². The fraction of sp³-hybridized carbons (Fsp3) is 0.429. The number of aromatic nitrogens is 3. The maximum Gasteiger partial charge on any atom is 0.246 e. The third kappa shape index (κ3) is 4.64. The Kier molecular flexibility index (Phi) is 5.39. The second-order valence-electron chi connectivity index (χ2n) is 4.59. The van der Waals surface area contributed by atoms with Crippen molar-refractivity contribution in [2.75, 3.05) is 20.8 Å². The normalized spacial score (nSPS) is 10.6. The summed E-state index contributed by atoms with van der Waals surface area (Å²) in [6.45, 7) is 0.819. The van der Waals surface area contributed by atoms with Gasteiger partial charge >= 0.3 is 0 Å². The van der Waals surface area contributed by atoms with Crippen LogP contribution in [0.2, 0.25) is 0 Å². The first-order valence-corrected chi connectivity index (χ1v) is 6.63. The number of likely N-dealkylation sites (N-methyl/N-ethyl adjacent to an activating group) is 1. The number of hydrogen-bond acceptors (Lipinski definition) is 6. The van der Waals surface area contributed by atoms with E-state index in [9.17, 15) is 4.79 Å². The Labute approximate surface area is 122 Å². The topological polar surface area (TPSA) is 81.4 Å². The summed E-state index contributed by atoms with van der Waals surface area (Å²) in [7, 11) is 3.31. The molecule has 0 saturated heterocycles. The number of hydrogen-bond donors (Lipinski definition) is 0. The minimum absolute atomic E-state index is 0.0506. The van der Waals surface area contributed by atoms with Crippen molar-refractivity contribution in [3.63, 3.8) is 0 Å². The number of methoxy groups -OCH3 is 1. The lowest BCUT2D eigenvalue weighted by Gasteiger charge is -2.14. The summed E-state index contributed by atoms with van der Waals surface area (Å²) in [6, 6.07) is 5.49. The molecule has 7 heteroatoms. The van der Waals surface area contributed by atoms with Crippen LogP contribution in [-0.2, 0) is 28.9 Å². The van der Waals surface area contributed by atoms with Crippen molar-refractivity contribution in [1.82, 2.24) is 20.0 Å². The Bertz CT molecular complexity index is 571. The van der Waals surface area contributed by atoms with Gasteiger partial charge in [-0.3, -0.25) is 9.78 Å². The van der Waals surface area contributed by atoms with Crippen molar-refractivity contribution < 1.29 is 14.1 Å². The molecular formula is C14H18N4O3. The van der Waals surface area contributed by atoms with Crippen molar-refractivity contribution >= 4 is 5.91 Å². The molecular weight excluding hydrogens is 272 g/mol. The standard InChI is InChI=1S/C14H18N4O3/c1-18(14(19)9-11-5-3-4-7-15-11)10-13-16-12(17-21-13)6-8-20-2/h3-5,7H,6,8-10H2,1-2H3. The smallest absolute Gasteiger partial charge is 0.246 e. The van der Waals surface area contributed by atoms with Crippen molar-refractivity contribution in [3.8, 4) is 0 Å². The zero-order valence-corrected chi connectivity index (χ0v) is 12.2. The lowest BCUT2D eigenvalue weighted by atomic mass is 10.2. The maximum atomic E-state index is 12.1. The lowest BCUT2D eigenvalue weighted by molar-refractivity contribution is -0.130. The second kappa shape index (κ2) is 7.49. The Hall–Kier alpha value is -2.28. The first-order valence-electron chi connectivity index (χ1n) is 6.63. The molecule has 0 saturated carbocycles. The van der Waals surface area contributed by atoms with Crippen molar-refractivity contribution in [3.05, 3.63) is 41.8 Å². The number of rotatable bonds is 7. The minimum Gasteiger partial charge on any atom is -0.384 e. The van der Waals surface area contributed by atoms with E-state index >= 15 is 0 Å². The molecule has 21 heavy (non-hydrogen) atoms. The van der Waals surface area contributed by atoms with E-state index in [0.717, 1.165) is 5.69 Å². The summed E-state index contributed by atoms with van der Waals surface area (Å²) in [5.41, 5.74) is 0.737. The highest BCUT2D eigenvalue weighted by molar-refractivity contribution is 5.77. The molecule has 0 radical (unpaired) electrons. The molecule has 1 amide bonds. The van der Waals surface area contributed by atoms with Gasteiger partial charge in [0.1, 0.15) is 0 Å². The van der Waals surface area contributed by atoms with Gasteiger partial charge in [0, 0.05) is 32.5 Å². The number of carbonyl (C=O) groups is 1. The van der Waals surface area contributed by atoms with E-state index in [1.165, 1.54) is 0 Å². The summed E-state index contributed by atoms with van der Waals surface area (Å²) in [4.78, 5) is 22.0. The zero-order valence-electron chi connectivity index (χ0n) is 12.2. The summed E-state index contributed by atoms with van der Waals surface area (Å²) in [5, 5.41) is 3.83. The van der Waals surface area contributed by atoms with Crippen molar-refractivity contribution in [2.24, 2.45) is 0 Å². The molecule has 2 aromatic heterocycles.